The van der Waals surface area contributed by atoms with Crippen LogP contribution in [0.1, 0.15) is 19.8 Å². The molecule has 0 unspecified atom stereocenters. The van der Waals surface area contributed by atoms with Crippen molar-refractivity contribution >= 4 is 22.5 Å². The summed E-state index contributed by atoms with van der Waals surface area (Å²) in [6.45, 7) is 2.96. The molecule has 0 bridgehead atoms. The maximum absolute atomic E-state index is 12.8. The van der Waals surface area contributed by atoms with Gasteiger partial charge in [-0.2, -0.15) is 0 Å². The van der Waals surface area contributed by atoms with Crippen molar-refractivity contribution in [2.45, 2.75) is 26.3 Å². The lowest BCUT2D eigenvalue weighted by molar-refractivity contribution is -0.118. The molecule has 2 aromatic carbocycles. The summed E-state index contributed by atoms with van der Waals surface area (Å²) < 4.78 is 12.1. The number of fused-ring (bicyclic) bond motifs is 1. The van der Waals surface area contributed by atoms with E-state index in [0.29, 0.717) is 48.3 Å². The number of carbonyl (C=O) groups is 1. The molecule has 0 fully saturated rings. The van der Waals surface area contributed by atoms with Crippen LogP contribution >= 0.6 is 0 Å². The minimum absolute atomic E-state index is 0.0342. The highest BCUT2D eigenvalue weighted by atomic mass is 16.5. The molecule has 3 rings (SSSR count). The first-order valence-corrected chi connectivity index (χ1v) is 9.55. The Bertz CT molecular complexity index is 1050. The van der Waals surface area contributed by atoms with Crippen LogP contribution < -0.4 is 19.9 Å². The number of aryl methyl sites for hydroxylation is 1. The van der Waals surface area contributed by atoms with E-state index in [4.69, 9.17) is 9.47 Å². The number of anilines is 1. The van der Waals surface area contributed by atoms with Crippen molar-refractivity contribution in [3.63, 3.8) is 0 Å². The SMILES string of the molecule is CCN(C(=O)CCCn1cnc2cc(OC)c(OC)cc2c1=O)c1ccccc1. The van der Waals surface area contributed by atoms with E-state index in [2.05, 4.69) is 4.98 Å². The Balaban J connectivity index is 1.73. The molecular weight excluding hydrogens is 370 g/mol. The van der Waals surface area contributed by atoms with Crippen LogP contribution in [0.2, 0.25) is 0 Å². The fraction of sp³-hybridized carbons (Fsp3) is 0.318. The molecule has 0 aliphatic heterocycles. The van der Waals surface area contributed by atoms with Gasteiger partial charge >= 0.3 is 0 Å². The van der Waals surface area contributed by atoms with Gasteiger partial charge in [-0.05, 0) is 31.5 Å². The van der Waals surface area contributed by atoms with Crippen molar-refractivity contribution < 1.29 is 14.3 Å². The Labute approximate surface area is 169 Å². The molecule has 0 saturated carbocycles. The molecule has 7 heteroatoms. The Hall–Kier alpha value is -3.35. The minimum atomic E-state index is -0.168. The first-order chi connectivity index (χ1) is 14.1. The highest BCUT2D eigenvalue weighted by molar-refractivity contribution is 5.93. The number of carbonyl (C=O) groups excluding carboxylic acids is 1. The fourth-order valence-corrected chi connectivity index (χ4v) is 3.29. The van der Waals surface area contributed by atoms with Gasteiger partial charge in [0, 0.05) is 31.3 Å². The van der Waals surface area contributed by atoms with Gasteiger partial charge in [-0.15, -0.1) is 0 Å². The summed E-state index contributed by atoms with van der Waals surface area (Å²) in [5, 5.41) is 0.455. The summed E-state index contributed by atoms with van der Waals surface area (Å²) >= 11 is 0. The Kier molecular flexibility index (Phi) is 6.49. The van der Waals surface area contributed by atoms with Gasteiger partial charge in [0.25, 0.3) is 5.56 Å². The summed E-state index contributed by atoms with van der Waals surface area (Å²) in [4.78, 5) is 31.5. The molecule has 0 spiro atoms. The molecule has 1 heterocycles. The van der Waals surface area contributed by atoms with Crippen LogP contribution in [0.25, 0.3) is 10.9 Å². The van der Waals surface area contributed by atoms with Crippen LogP contribution in [0.3, 0.4) is 0 Å². The maximum Gasteiger partial charge on any atom is 0.261 e. The number of hydrogen-bond donors (Lipinski definition) is 0. The molecule has 0 aliphatic rings. The van der Waals surface area contributed by atoms with Crippen LogP contribution in [0.15, 0.2) is 53.6 Å². The number of nitrogens with zero attached hydrogens (tertiary/aromatic N) is 3. The zero-order valence-corrected chi connectivity index (χ0v) is 16.9. The van der Waals surface area contributed by atoms with E-state index in [-0.39, 0.29) is 11.5 Å². The van der Waals surface area contributed by atoms with Crippen molar-refractivity contribution in [2.75, 3.05) is 25.7 Å². The molecule has 0 saturated heterocycles. The van der Waals surface area contributed by atoms with Crippen LogP contribution in [0, 0.1) is 0 Å². The normalized spacial score (nSPS) is 10.7. The van der Waals surface area contributed by atoms with Gasteiger partial charge < -0.3 is 14.4 Å². The highest BCUT2D eigenvalue weighted by Crippen LogP contribution is 2.29. The second kappa shape index (κ2) is 9.23. The van der Waals surface area contributed by atoms with Gasteiger partial charge in [-0.3, -0.25) is 14.2 Å². The Morgan fingerprint density at radius 1 is 1.10 bits per heavy atom. The van der Waals surface area contributed by atoms with Crippen molar-refractivity contribution in [1.82, 2.24) is 9.55 Å². The molecule has 1 aromatic heterocycles. The third-order valence-electron chi connectivity index (χ3n) is 4.80. The van der Waals surface area contributed by atoms with Gasteiger partial charge in [0.1, 0.15) is 0 Å². The van der Waals surface area contributed by atoms with E-state index < -0.39 is 0 Å². The van der Waals surface area contributed by atoms with Crippen molar-refractivity contribution in [1.29, 1.82) is 0 Å². The zero-order chi connectivity index (χ0) is 20.8. The van der Waals surface area contributed by atoms with Crippen LogP contribution in [0.5, 0.6) is 11.5 Å². The van der Waals surface area contributed by atoms with Crippen molar-refractivity contribution in [3.8, 4) is 11.5 Å². The minimum Gasteiger partial charge on any atom is -0.493 e. The van der Waals surface area contributed by atoms with E-state index >= 15 is 0 Å². The molecule has 152 valence electrons. The third-order valence-corrected chi connectivity index (χ3v) is 4.80. The van der Waals surface area contributed by atoms with Crippen molar-refractivity contribution in [2.24, 2.45) is 0 Å². The number of ether oxygens (including phenoxy) is 2. The third kappa shape index (κ3) is 4.39. The molecule has 1 amide bonds. The standard InChI is InChI=1S/C22H25N3O4/c1-4-25(16-9-6-5-7-10-16)21(26)11-8-12-24-15-23-18-14-20(29-3)19(28-2)13-17(18)22(24)27/h5-7,9-10,13-15H,4,8,11-12H2,1-3H3. The average Bonchev–Trinajstić information content (AvgIpc) is 2.75. The number of hydrogen-bond acceptors (Lipinski definition) is 5. The molecule has 29 heavy (non-hydrogen) atoms. The molecular formula is C22H25N3O4. The zero-order valence-electron chi connectivity index (χ0n) is 16.9. The second-order valence-electron chi connectivity index (χ2n) is 6.54. The molecule has 0 radical (unpaired) electrons. The first kappa shape index (κ1) is 20.4. The van der Waals surface area contributed by atoms with E-state index in [1.165, 1.54) is 25.1 Å². The maximum atomic E-state index is 12.8. The topological polar surface area (TPSA) is 73.7 Å². The fourth-order valence-electron chi connectivity index (χ4n) is 3.29. The van der Waals surface area contributed by atoms with Crippen molar-refractivity contribution in [3.05, 3.63) is 59.1 Å². The number of para-hydroxylation sites is 1. The van der Waals surface area contributed by atoms with Gasteiger partial charge in [-0.25, -0.2) is 4.98 Å². The Morgan fingerprint density at radius 3 is 2.45 bits per heavy atom. The van der Waals surface area contributed by atoms with Crippen LogP contribution in [-0.4, -0.2) is 36.2 Å². The monoisotopic (exact) mass is 395 g/mol. The number of benzene rings is 2. The number of aromatic nitrogens is 2. The van der Waals surface area contributed by atoms with Crippen LogP contribution in [-0.2, 0) is 11.3 Å². The molecule has 0 N–H and O–H groups in total. The van der Waals surface area contributed by atoms with E-state index in [1.807, 2.05) is 37.3 Å². The van der Waals surface area contributed by atoms with E-state index in [0.717, 1.165) is 5.69 Å². The molecule has 0 aliphatic carbocycles. The smallest absolute Gasteiger partial charge is 0.261 e. The summed E-state index contributed by atoms with van der Waals surface area (Å²) in [7, 11) is 3.06. The first-order valence-electron chi connectivity index (χ1n) is 9.55. The van der Waals surface area contributed by atoms with Gasteiger partial charge in [0.2, 0.25) is 5.91 Å². The summed E-state index contributed by atoms with van der Waals surface area (Å²) in [5.41, 5.74) is 1.26. The van der Waals surface area contributed by atoms with Gasteiger partial charge in [0.05, 0.1) is 31.4 Å². The quantitative estimate of drug-likeness (QED) is 0.585. The predicted molar refractivity (Wildman–Crippen MR) is 113 cm³/mol. The lowest BCUT2D eigenvalue weighted by Crippen LogP contribution is -2.31. The number of methoxy groups -OCH3 is 2. The highest BCUT2D eigenvalue weighted by Gasteiger charge is 2.14. The lowest BCUT2D eigenvalue weighted by atomic mass is 10.2. The largest absolute Gasteiger partial charge is 0.493 e. The summed E-state index contributed by atoms with van der Waals surface area (Å²) in [6.07, 6.45) is 2.40. The van der Waals surface area contributed by atoms with Gasteiger partial charge in [0.15, 0.2) is 11.5 Å². The summed E-state index contributed by atoms with van der Waals surface area (Å²) in [6, 6.07) is 12.9. The molecule has 3 aromatic rings. The summed E-state index contributed by atoms with van der Waals surface area (Å²) in [5.74, 6) is 1.04. The van der Waals surface area contributed by atoms with Crippen LogP contribution in [0.4, 0.5) is 5.69 Å². The molecule has 0 atom stereocenters. The lowest BCUT2D eigenvalue weighted by Gasteiger charge is -2.21. The molecule has 7 nitrogen and oxygen atoms in total. The van der Waals surface area contributed by atoms with E-state index in [9.17, 15) is 9.59 Å². The van der Waals surface area contributed by atoms with Gasteiger partial charge in [-0.1, -0.05) is 18.2 Å². The second-order valence-corrected chi connectivity index (χ2v) is 6.54. The predicted octanol–water partition coefficient (Wildman–Crippen LogP) is 3.25. The Morgan fingerprint density at radius 2 is 1.79 bits per heavy atom. The van der Waals surface area contributed by atoms with E-state index in [1.54, 1.807) is 17.0 Å². The number of amides is 1. The average molecular weight is 395 g/mol. The number of rotatable bonds is 8.